The largest absolute Gasteiger partial charge is 0.444 e. The second-order valence-electron chi connectivity index (χ2n) is 9.43. The van der Waals surface area contributed by atoms with Crippen molar-refractivity contribution in [1.29, 1.82) is 0 Å². The molecule has 1 heterocycles. The summed E-state index contributed by atoms with van der Waals surface area (Å²) in [6, 6.07) is -0.166. The van der Waals surface area contributed by atoms with Gasteiger partial charge < -0.3 is 14.8 Å². The predicted octanol–water partition coefficient (Wildman–Crippen LogP) is 4.20. The van der Waals surface area contributed by atoms with Gasteiger partial charge in [-0.05, 0) is 80.1 Å². The first kappa shape index (κ1) is 22.8. The molecule has 1 aromatic heterocycles. The first-order valence-electron chi connectivity index (χ1n) is 10.2. The van der Waals surface area contributed by atoms with Gasteiger partial charge in [0.15, 0.2) is 0 Å². The fourth-order valence-corrected chi connectivity index (χ4v) is 3.00. The molecule has 160 valence electrons. The van der Waals surface area contributed by atoms with Gasteiger partial charge in [-0.1, -0.05) is 5.92 Å². The van der Waals surface area contributed by atoms with Crippen molar-refractivity contribution in [3.8, 4) is 11.8 Å². The van der Waals surface area contributed by atoms with Crippen LogP contribution in [-0.4, -0.2) is 39.2 Å². The van der Waals surface area contributed by atoms with E-state index in [1.807, 2.05) is 48.5 Å². The van der Waals surface area contributed by atoms with Crippen LogP contribution in [0, 0.1) is 11.8 Å². The highest BCUT2D eigenvalue weighted by Crippen LogP contribution is 2.25. The monoisotopic (exact) mass is 403 g/mol. The molecule has 0 aromatic carbocycles. The summed E-state index contributed by atoms with van der Waals surface area (Å²) >= 11 is 0. The quantitative estimate of drug-likeness (QED) is 0.749. The minimum atomic E-state index is -0.584. The number of nitrogens with zero attached hydrogens (tertiary/aromatic N) is 2. The highest BCUT2D eigenvalue weighted by Gasteiger charge is 2.26. The van der Waals surface area contributed by atoms with Crippen LogP contribution in [0.25, 0.3) is 0 Å². The average Bonchev–Trinajstić information content (AvgIpc) is 2.90. The van der Waals surface area contributed by atoms with Gasteiger partial charge in [-0.25, -0.2) is 9.59 Å². The molecule has 0 saturated carbocycles. The molecule has 0 bridgehead atoms. The van der Waals surface area contributed by atoms with E-state index in [2.05, 4.69) is 22.3 Å². The summed E-state index contributed by atoms with van der Waals surface area (Å²) in [4.78, 5) is 24.4. The second kappa shape index (κ2) is 8.89. The molecule has 0 saturated heterocycles. The van der Waals surface area contributed by atoms with E-state index in [1.165, 1.54) is 4.68 Å². The fourth-order valence-electron chi connectivity index (χ4n) is 3.00. The molecular weight excluding hydrogens is 370 g/mol. The zero-order valence-corrected chi connectivity index (χ0v) is 18.6. The Labute approximate surface area is 173 Å². The van der Waals surface area contributed by atoms with Crippen LogP contribution in [0.5, 0.6) is 0 Å². The van der Waals surface area contributed by atoms with E-state index in [4.69, 9.17) is 9.47 Å². The molecule has 1 aliphatic carbocycles. The summed E-state index contributed by atoms with van der Waals surface area (Å²) in [5.74, 6) is 6.15. The maximum atomic E-state index is 12.5. The van der Waals surface area contributed by atoms with Crippen molar-refractivity contribution < 1.29 is 19.1 Å². The molecule has 1 atom stereocenters. The third kappa shape index (κ3) is 7.12. The van der Waals surface area contributed by atoms with Gasteiger partial charge in [0.05, 0.1) is 5.69 Å². The molecule has 7 heteroatoms. The SMILES string of the molecule is C[C@@H](CC#Cc1nn(C(=O)OC(C)(C)C)c2c1CCCC2)NC(=O)OC(C)(C)C. The molecule has 0 radical (unpaired) electrons. The van der Waals surface area contributed by atoms with Crippen LogP contribution in [-0.2, 0) is 22.3 Å². The number of aromatic nitrogens is 2. The number of carbonyl (C=O) groups is 2. The summed E-state index contributed by atoms with van der Waals surface area (Å²) in [7, 11) is 0. The first-order valence-corrected chi connectivity index (χ1v) is 10.2. The zero-order chi connectivity index (χ0) is 21.8. The first-order chi connectivity index (χ1) is 13.4. The lowest BCUT2D eigenvalue weighted by atomic mass is 9.96. The predicted molar refractivity (Wildman–Crippen MR) is 111 cm³/mol. The molecule has 2 rings (SSSR count). The Morgan fingerprint density at radius 2 is 1.72 bits per heavy atom. The van der Waals surface area contributed by atoms with Gasteiger partial charge in [-0.15, -0.1) is 0 Å². The topological polar surface area (TPSA) is 82.5 Å². The van der Waals surface area contributed by atoms with Gasteiger partial charge in [0, 0.05) is 18.0 Å². The van der Waals surface area contributed by atoms with Gasteiger partial charge in [-0.3, -0.25) is 0 Å². The van der Waals surface area contributed by atoms with E-state index in [9.17, 15) is 9.59 Å². The van der Waals surface area contributed by atoms with Crippen molar-refractivity contribution in [2.75, 3.05) is 0 Å². The number of fused-ring (bicyclic) bond motifs is 1. The number of hydrogen-bond donors (Lipinski definition) is 1. The summed E-state index contributed by atoms with van der Waals surface area (Å²) in [6.45, 7) is 12.8. The second-order valence-corrected chi connectivity index (χ2v) is 9.43. The van der Waals surface area contributed by atoms with E-state index in [0.29, 0.717) is 12.1 Å². The standard InChI is InChI=1S/C22H33N3O4/c1-15(23-19(26)28-21(2,3)4)11-10-13-17-16-12-8-9-14-18(16)25(24-17)20(27)29-22(5,6)7/h15H,8-9,11-12,14H2,1-7H3,(H,23,26)/t15-/m0/s1. The Bertz CT molecular complexity index is 816. The molecule has 1 N–H and O–H groups in total. The molecule has 1 amide bonds. The molecule has 0 spiro atoms. The molecule has 0 fully saturated rings. The van der Waals surface area contributed by atoms with Crippen LogP contribution in [0.15, 0.2) is 0 Å². The average molecular weight is 404 g/mol. The molecule has 7 nitrogen and oxygen atoms in total. The van der Waals surface area contributed by atoms with E-state index in [1.54, 1.807) is 0 Å². The molecule has 1 aromatic rings. The summed E-state index contributed by atoms with van der Waals surface area (Å²) in [5, 5.41) is 7.21. The lowest BCUT2D eigenvalue weighted by molar-refractivity contribution is 0.0497. The Morgan fingerprint density at radius 3 is 2.34 bits per heavy atom. The number of nitrogens with one attached hydrogen (secondary N) is 1. The summed E-state index contributed by atoms with van der Waals surface area (Å²) in [5.41, 5.74) is 1.43. The summed E-state index contributed by atoms with van der Waals surface area (Å²) < 4.78 is 12.1. The van der Waals surface area contributed by atoms with Crippen LogP contribution >= 0.6 is 0 Å². The van der Waals surface area contributed by atoms with E-state index < -0.39 is 23.4 Å². The molecule has 1 aliphatic rings. The highest BCUT2D eigenvalue weighted by atomic mass is 16.6. The smallest absolute Gasteiger partial charge is 0.435 e. The molecule has 0 aliphatic heterocycles. The number of hydrogen-bond acceptors (Lipinski definition) is 5. The third-order valence-electron chi connectivity index (χ3n) is 4.12. The van der Waals surface area contributed by atoms with Gasteiger partial charge in [0.1, 0.15) is 16.9 Å². The van der Waals surface area contributed by atoms with Crippen LogP contribution in [0.1, 0.15) is 84.7 Å². The minimum absolute atomic E-state index is 0.166. The number of ether oxygens (including phenoxy) is 2. The highest BCUT2D eigenvalue weighted by molar-refractivity contribution is 5.72. The van der Waals surface area contributed by atoms with Crippen LogP contribution in [0.2, 0.25) is 0 Å². The van der Waals surface area contributed by atoms with Crippen molar-refractivity contribution in [2.45, 2.75) is 97.8 Å². The molecule has 29 heavy (non-hydrogen) atoms. The van der Waals surface area contributed by atoms with Crippen LogP contribution in [0.3, 0.4) is 0 Å². The van der Waals surface area contributed by atoms with Gasteiger partial charge in [-0.2, -0.15) is 9.78 Å². The Balaban J connectivity index is 2.10. The minimum Gasteiger partial charge on any atom is -0.444 e. The van der Waals surface area contributed by atoms with Crippen molar-refractivity contribution in [3.63, 3.8) is 0 Å². The van der Waals surface area contributed by atoms with Gasteiger partial charge >= 0.3 is 12.2 Å². The Kier molecular flexibility index (Phi) is 6.99. The summed E-state index contributed by atoms with van der Waals surface area (Å²) in [6.07, 6.45) is 3.24. The van der Waals surface area contributed by atoms with Crippen molar-refractivity contribution >= 4 is 12.2 Å². The number of rotatable bonds is 2. The lowest BCUT2D eigenvalue weighted by Crippen LogP contribution is -2.37. The van der Waals surface area contributed by atoms with Crippen LogP contribution < -0.4 is 5.32 Å². The Morgan fingerprint density at radius 1 is 1.10 bits per heavy atom. The zero-order valence-electron chi connectivity index (χ0n) is 18.6. The lowest BCUT2D eigenvalue weighted by Gasteiger charge is -2.21. The normalized spacial score (nSPS) is 14.9. The Hall–Kier alpha value is -2.49. The van der Waals surface area contributed by atoms with Crippen LogP contribution in [0.4, 0.5) is 9.59 Å². The van der Waals surface area contributed by atoms with E-state index >= 15 is 0 Å². The van der Waals surface area contributed by atoms with E-state index in [0.717, 1.165) is 36.9 Å². The van der Waals surface area contributed by atoms with Crippen molar-refractivity contribution in [1.82, 2.24) is 15.1 Å². The molecular formula is C22H33N3O4. The molecule has 0 unspecified atom stereocenters. The van der Waals surface area contributed by atoms with Gasteiger partial charge in [0.2, 0.25) is 0 Å². The maximum absolute atomic E-state index is 12.5. The number of carbonyl (C=O) groups excluding carboxylic acids is 2. The number of amides is 1. The fraction of sp³-hybridized carbons (Fsp3) is 0.682. The third-order valence-corrected chi connectivity index (χ3v) is 4.12. The number of alkyl carbamates (subject to hydrolysis) is 1. The maximum Gasteiger partial charge on any atom is 0.435 e. The van der Waals surface area contributed by atoms with E-state index in [-0.39, 0.29) is 6.04 Å². The van der Waals surface area contributed by atoms with Crippen molar-refractivity contribution in [3.05, 3.63) is 17.0 Å². The van der Waals surface area contributed by atoms with Gasteiger partial charge in [0.25, 0.3) is 0 Å². The van der Waals surface area contributed by atoms with Crippen molar-refractivity contribution in [2.24, 2.45) is 0 Å².